The van der Waals surface area contributed by atoms with Crippen molar-refractivity contribution in [1.82, 2.24) is 0 Å². The molecule has 27 heavy (non-hydrogen) atoms. The molecule has 0 unspecified atom stereocenters. The highest BCUT2D eigenvalue weighted by Crippen LogP contribution is 2.29. The molecule has 0 spiro atoms. The van der Waals surface area contributed by atoms with Crippen LogP contribution < -0.4 is 15.5 Å². The van der Waals surface area contributed by atoms with Gasteiger partial charge in [-0.15, -0.1) is 0 Å². The summed E-state index contributed by atoms with van der Waals surface area (Å²) >= 11 is 0. The van der Waals surface area contributed by atoms with Gasteiger partial charge in [-0.1, -0.05) is 0 Å². The minimum atomic E-state index is -4.34. The van der Waals surface area contributed by atoms with E-state index in [9.17, 15) is 18.0 Å². The summed E-state index contributed by atoms with van der Waals surface area (Å²) in [5.74, 6) is -0.150. The van der Waals surface area contributed by atoms with Crippen molar-refractivity contribution in [2.75, 3.05) is 35.2 Å². The summed E-state index contributed by atoms with van der Waals surface area (Å²) in [4.78, 5) is 14.3. The number of carbonyl (C=O) groups is 1. The largest absolute Gasteiger partial charge is 0.416 e. The Bertz CT molecular complexity index is 752. The maximum atomic E-state index is 12.5. The van der Waals surface area contributed by atoms with Gasteiger partial charge in [0.2, 0.25) is 5.91 Å². The average Bonchev–Trinajstić information content (AvgIpc) is 3.17. The van der Waals surface area contributed by atoms with Crippen LogP contribution in [0.15, 0.2) is 48.5 Å². The van der Waals surface area contributed by atoms with Gasteiger partial charge in [0.05, 0.1) is 5.56 Å². The molecule has 1 fully saturated rings. The van der Waals surface area contributed by atoms with Gasteiger partial charge >= 0.3 is 6.18 Å². The Kier molecular flexibility index (Phi) is 5.88. The van der Waals surface area contributed by atoms with Crippen molar-refractivity contribution in [2.24, 2.45) is 0 Å². The van der Waals surface area contributed by atoms with Crippen LogP contribution in [-0.4, -0.2) is 25.5 Å². The number of carbonyl (C=O) groups excluding carboxylic acids is 1. The fraction of sp³-hybridized carbons (Fsp3) is 0.350. The lowest BCUT2D eigenvalue weighted by molar-refractivity contribution is -0.137. The third kappa shape index (κ3) is 5.39. The molecule has 2 aromatic rings. The lowest BCUT2D eigenvalue weighted by Gasteiger charge is -2.17. The number of anilines is 3. The van der Waals surface area contributed by atoms with Crippen molar-refractivity contribution >= 4 is 23.0 Å². The van der Waals surface area contributed by atoms with Gasteiger partial charge in [0, 0.05) is 43.1 Å². The maximum absolute atomic E-state index is 12.5. The predicted octanol–water partition coefficient (Wildman–Crippen LogP) is 4.75. The topological polar surface area (TPSA) is 44.4 Å². The summed E-state index contributed by atoms with van der Waals surface area (Å²) in [6, 6.07) is 12.5. The third-order valence-electron chi connectivity index (χ3n) is 4.52. The zero-order chi connectivity index (χ0) is 19.3. The molecule has 0 bridgehead atoms. The van der Waals surface area contributed by atoms with E-state index in [4.69, 9.17) is 0 Å². The normalized spacial score (nSPS) is 14.3. The first-order chi connectivity index (χ1) is 12.9. The van der Waals surface area contributed by atoms with E-state index in [-0.39, 0.29) is 12.3 Å². The molecule has 1 aliphatic rings. The number of nitrogens with one attached hydrogen (secondary N) is 2. The first-order valence-electron chi connectivity index (χ1n) is 8.98. The maximum Gasteiger partial charge on any atom is 0.416 e. The predicted molar refractivity (Wildman–Crippen MR) is 101 cm³/mol. The number of halogens is 3. The fourth-order valence-corrected chi connectivity index (χ4v) is 3.05. The number of rotatable bonds is 6. The smallest absolute Gasteiger partial charge is 0.385 e. The second-order valence-corrected chi connectivity index (χ2v) is 6.54. The molecule has 0 aliphatic carbocycles. The lowest BCUT2D eigenvalue weighted by Crippen LogP contribution is -2.18. The summed E-state index contributed by atoms with van der Waals surface area (Å²) < 4.78 is 37.6. The summed E-state index contributed by atoms with van der Waals surface area (Å²) in [7, 11) is 0. The molecule has 4 nitrogen and oxygen atoms in total. The van der Waals surface area contributed by atoms with Crippen LogP contribution in [-0.2, 0) is 11.0 Å². The second kappa shape index (κ2) is 8.33. The Labute approximate surface area is 156 Å². The van der Waals surface area contributed by atoms with E-state index in [1.165, 1.54) is 25.0 Å². The average molecular weight is 377 g/mol. The molecule has 2 aromatic carbocycles. The summed E-state index contributed by atoms with van der Waals surface area (Å²) in [5, 5.41) is 5.78. The summed E-state index contributed by atoms with van der Waals surface area (Å²) in [6.07, 6.45) is -1.70. The molecule has 3 rings (SSSR count). The molecule has 1 amide bonds. The number of benzene rings is 2. The van der Waals surface area contributed by atoms with Gasteiger partial charge in [-0.25, -0.2) is 0 Å². The number of alkyl halides is 3. The Morgan fingerprint density at radius 3 is 2.11 bits per heavy atom. The molecule has 0 radical (unpaired) electrons. The molecular weight excluding hydrogens is 355 g/mol. The molecular formula is C20H22F3N3O. The summed E-state index contributed by atoms with van der Waals surface area (Å²) in [5.41, 5.74) is 1.75. The molecule has 0 aromatic heterocycles. The van der Waals surface area contributed by atoms with E-state index in [2.05, 4.69) is 15.5 Å². The van der Waals surface area contributed by atoms with Gasteiger partial charge < -0.3 is 15.5 Å². The summed E-state index contributed by atoms with van der Waals surface area (Å²) in [6.45, 7) is 2.48. The standard InChI is InChI=1S/C20H22F3N3O/c21-20(22,23)15-3-5-16(6-4-15)24-12-11-19(27)25-17-7-9-18(10-8-17)26-13-1-2-14-26/h3-10,24H,1-2,11-14H2,(H,25,27). The second-order valence-electron chi connectivity index (χ2n) is 6.54. The zero-order valence-electron chi connectivity index (χ0n) is 14.9. The molecule has 2 N–H and O–H groups in total. The number of amides is 1. The third-order valence-corrected chi connectivity index (χ3v) is 4.52. The van der Waals surface area contributed by atoms with Gasteiger partial charge in [-0.3, -0.25) is 4.79 Å². The van der Waals surface area contributed by atoms with Crippen LogP contribution in [0, 0.1) is 0 Å². The van der Waals surface area contributed by atoms with E-state index >= 15 is 0 Å². The highest BCUT2D eigenvalue weighted by atomic mass is 19.4. The molecule has 0 atom stereocenters. The van der Waals surface area contributed by atoms with Gasteiger partial charge in [0.15, 0.2) is 0 Å². The van der Waals surface area contributed by atoms with Crippen molar-refractivity contribution < 1.29 is 18.0 Å². The Morgan fingerprint density at radius 1 is 0.926 bits per heavy atom. The molecule has 1 saturated heterocycles. The van der Waals surface area contributed by atoms with Crippen molar-refractivity contribution in [3.63, 3.8) is 0 Å². The first-order valence-corrected chi connectivity index (χ1v) is 8.98. The van der Waals surface area contributed by atoms with Crippen molar-refractivity contribution in [2.45, 2.75) is 25.4 Å². The van der Waals surface area contributed by atoms with E-state index in [0.717, 1.165) is 36.6 Å². The van der Waals surface area contributed by atoms with Gasteiger partial charge in [0.25, 0.3) is 0 Å². The Hall–Kier alpha value is -2.70. The molecule has 1 aliphatic heterocycles. The molecule has 144 valence electrons. The van der Waals surface area contributed by atoms with Crippen molar-refractivity contribution in [1.29, 1.82) is 0 Å². The van der Waals surface area contributed by atoms with Crippen LogP contribution in [0.25, 0.3) is 0 Å². The van der Waals surface area contributed by atoms with Crippen LogP contribution in [0.3, 0.4) is 0 Å². The SMILES string of the molecule is O=C(CCNc1ccc(C(F)(F)F)cc1)Nc1ccc(N2CCCC2)cc1. The molecule has 0 saturated carbocycles. The fourth-order valence-electron chi connectivity index (χ4n) is 3.05. The van der Waals surface area contributed by atoms with Crippen LogP contribution in [0.5, 0.6) is 0 Å². The van der Waals surface area contributed by atoms with Gasteiger partial charge in [0.1, 0.15) is 0 Å². The molecule has 7 heteroatoms. The number of nitrogens with zero attached hydrogens (tertiary/aromatic N) is 1. The van der Waals surface area contributed by atoms with Crippen molar-refractivity contribution in [3.05, 3.63) is 54.1 Å². The quantitative estimate of drug-likeness (QED) is 0.764. The zero-order valence-corrected chi connectivity index (χ0v) is 14.9. The highest BCUT2D eigenvalue weighted by molar-refractivity contribution is 5.91. The number of hydrogen-bond donors (Lipinski definition) is 2. The van der Waals surface area contributed by atoms with Crippen LogP contribution in [0.2, 0.25) is 0 Å². The van der Waals surface area contributed by atoms with E-state index < -0.39 is 11.7 Å². The Morgan fingerprint density at radius 2 is 1.52 bits per heavy atom. The van der Waals surface area contributed by atoms with Crippen molar-refractivity contribution in [3.8, 4) is 0 Å². The van der Waals surface area contributed by atoms with Crippen LogP contribution in [0.4, 0.5) is 30.2 Å². The lowest BCUT2D eigenvalue weighted by atomic mass is 10.2. The van der Waals surface area contributed by atoms with E-state index in [0.29, 0.717) is 12.2 Å². The van der Waals surface area contributed by atoms with Crippen LogP contribution >= 0.6 is 0 Å². The minimum Gasteiger partial charge on any atom is -0.385 e. The Balaban J connectivity index is 1.43. The monoisotopic (exact) mass is 377 g/mol. The minimum absolute atomic E-state index is 0.150. The van der Waals surface area contributed by atoms with Crippen LogP contribution in [0.1, 0.15) is 24.8 Å². The van der Waals surface area contributed by atoms with E-state index in [1.807, 2.05) is 24.3 Å². The highest BCUT2D eigenvalue weighted by Gasteiger charge is 2.29. The molecule has 1 heterocycles. The van der Waals surface area contributed by atoms with Gasteiger partial charge in [-0.2, -0.15) is 13.2 Å². The van der Waals surface area contributed by atoms with Gasteiger partial charge in [-0.05, 0) is 61.4 Å². The number of hydrogen-bond acceptors (Lipinski definition) is 3. The van der Waals surface area contributed by atoms with E-state index in [1.54, 1.807) is 0 Å². The first kappa shape index (κ1) is 19.1.